The van der Waals surface area contributed by atoms with Crippen molar-refractivity contribution in [1.29, 1.82) is 0 Å². The molecule has 27 heavy (non-hydrogen) atoms. The van der Waals surface area contributed by atoms with E-state index in [0.29, 0.717) is 11.1 Å². The molecule has 0 unspecified atom stereocenters. The summed E-state index contributed by atoms with van der Waals surface area (Å²) in [5.41, 5.74) is 4.73. The average molecular weight is 358 g/mol. The lowest BCUT2D eigenvalue weighted by Crippen LogP contribution is -2.26. The van der Waals surface area contributed by atoms with Crippen molar-refractivity contribution in [1.82, 2.24) is 0 Å². The van der Waals surface area contributed by atoms with Crippen LogP contribution >= 0.6 is 0 Å². The molecule has 0 aromatic heterocycles. The third-order valence-corrected chi connectivity index (χ3v) is 4.58. The highest BCUT2D eigenvalue weighted by atomic mass is 16.2. The molecule has 4 nitrogen and oxygen atoms in total. The number of hydrogen-bond acceptors (Lipinski definition) is 2. The molecule has 0 aliphatic rings. The SMILES string of the molecule is Cc1ccc(NC(=O)c2cccc(C(=O)N(C)c3ccccc3)c2)cc1C. The summed E-state index contributed by atoms with van der Waals surface area (Å²) in [5, 5.41) is 2.89. The van der Waals surface area contributed by atoms with Crippen LogP contribution in [0.15, 0.2) is 72.8 Å². The third-order valence-electron chi connectivity index (χ3n) is 4.58. The summed E-state index contributed by atoms with van der Waals surface area (Å²) in [6.07, 6.45) is 0. The summed E-state index contributed by atoms with van der Waals surface area (Å²) >= 11 is 0. The number of amides is 2. The van der Waals surface area contributed by atoms with Gasteiger partial charge in [0.1, 0.15) is 0 Å². The van der Waals surface area contributed by atoms with Crippen LogP contribution < -0.4 is 10.2 Å². The van der Waals surface area contributed by atoms with Gasteiger partial charge in [0, 0.05) is 29.5 Å². The molecule has 1 N–H and O–H groups in total. The van der Waals surface area contributed by atoms with E-state index < -0.39 is 0 Å². The van der Waals surface area contributed by atoms with E-state index >= 15 is 0 Å². The molecule has 0 saturated carbocycles. The van der Waals surface area contributed by atoms with Gasteiger partial charge < -0.3 is 10.2 Å². The second-order valence-electron chi connectivity index (χ2n) is 6.53. The molecule has 136 valence electrons. The highest BCUT2D eigenvalue weighted by molar-refractivity contribution is 6.09. The maximum atomic E-state index is 12.8. The Bertz CT molecular complexity index is 981. The molecule has 0 saturated heterocycles. The number of hydrogen-bond donors (Lipinski definition) is 1. The molecule has 0 atom stereocenters. The molecule has 0 fully saturated rings. The molecule has 3 aromatic rings. The lowest BCUT2D eigenvalue weighted by molar-refractivity contribution is 0.0993. The first kappa shape index (κ1) is 18.4. The maximum Gasteiger partial charge on any atom is 0.258 e. The molecular weight excluding hydrogens is 336 g/mol. The van der Waals surface area contributed by atoms with Crippen molar-refractivity contribution >= 4 is 23.2 Å². The van der Waals surface area contributed by atoms with Crippen molar-refractivity contribution in [2.45, 2.75) is 13.8 Å². The zero-order valence-corrected chi connectivity index (χ0v) is 15.7. The quantitative estimate of drug-likeness (QED) is 0.726. The molecule has 0 bridgehead atoms. The van der Waals surface area contributed by atoms with Gasteiger partial charge in [-0.3, -0.25) is 9.59 Å². The Morgan fingerprint density at radius 1 is 0.778 bits per heavy atom. The first-order valence-electron chi connectivity index (χ1n) is 8.77. The van der Waals surface area contributed by atoms with Gasteiger partial charge in [-0.15, -0.1) is 0 Å². The van der Waals surface area contributed by atoms with Crippen LogP contribution in [0.2, 0.25) is 0 Å². The number of aryl methyl sites for hydroxylation is 2. The number of carbonyl (C=O) groups excluding carboxylic acids is 2. The van der Waals surface area contributed by atoms with Crippen molar-refractivity contribution < 1.29 is 9.59 Å². The third kappa shape index (κ3) is 4.23. The lowest BCUT2D eigenvalue weighted by Gasteiger charge is -2.17. The molecule has 0 heterocycles. The fourth-order valence-corrected chi connectivity index (χ4v) is 2.78. The van der Waals surface area contributed by atoms with Crippen molar-refractivity contribution in [2.24, 2.45) is 0 Å². The zero-order valence-electron chi connectivity index (χ0n) is 15.7. The summed E-state index contributed by atoms with van der Waals surface area (Å²) in [6.45, 7) is 4.03. The average Bonchev–Trinajstić information content (AvgIpc) is 2.70. The van der Waals surface area contributed by atoms with Gasteiger partial charge in [-0.1, -0.05) is 30.3 Å². The van der Waals surface area contributed by atoms with Crippen LogP contribution in [0.4, 0.5) is 11.4 Å². The standard InChI is InChI=1S/C23H22N2O2/c1-16-12-13-20(14-17(16)2)24-22(26)18-8-7-9-19(15-18)23(27)25(3)21-10-5-4-6-11-21/h4-15H,1-3H3,(H,24,26). The maximum absolute atomic E-state index is 12.8. The number of rotatable bonds is 4. The summed E-state index contributed by atoms with van der Waals surface area (Å²) in [7, 11) is 1.72. The summed E-state index contributed by atoms with van der Waals surface area (Å²) < 4.78 is 0. The highest BCUT2D eigenvalue weighted by Crippen LogP contribution is 2.18. The monoisotopic (exact) mass is 358 g/mol. The predicted molar refractivity (Wildman–Crippen MR) is 109 cm³/mol. The van der Waals surface area contributed by atoms with Gasteiger partial charge in [0.05, 0.1) is 0 Å². The Morgan fingerprint density at radius 2 is 1.48 bits per heavy atom. The normalized spacial score (nSPS) is 10.3. The molecule has 0 spiro atoms. The number of para-hydroxylation sites is 1. The zero-order chi connectivity index (χ0) is 19.4. The Morgan fingerprint density at radius 3 is 2.19 bits per heavy atom. The Balaban J connectivity index is 1.79. The van der Waals surface area contributed by atoms with Crippen molar-refractivity contribution in [3.63, 3.8) is 0 Å². The number of anilines is 2. The van der Waals surface area contributed by atoms with Crippen LogP contribution in [0, 0.1) is 13.8 Å². The smallest absolute Gasteiger partial charge is 0.258 e. The fourth-order valence-electron chi connectivity index (χ4n) is 2.78. The number of nitrogens with zero attached hydrogens (tertiary/aromatic N) is 1. The van der Waals surface area contributed by atoms with Gasteiger partial charge in [-0.05, 0) is 67.4 Å². The van der Waals surface area contributed by atoms with Gasteiger partial charge in [0.2, 0.25) is 0 Å². The van der Waals surface area contributed by atoms with E-state index in [1.807, 2.05) is 62.4 Å². The fraction of sp³-hybridized carbons (Fsp3) is 0.130. The molecule has 0 aliphatic carbocycles. The van der Waals surface area contributed by atoms with Crippen LogP contribution in [0.1, 0.15) is 31.8 Å². The van der Waals surface area contributed by atoms with E-state index in [9.17, 15) is 9.59 Å². The minimum absolute atomic E-state index is 0.165. The molecule has 3 aromatic carbocycles. The highest BCUT2D eigenvalue weighted by Gasteiger charge is 2.15. The van der Waals surface area contributed by atoms with Crippen LogP contribution in [0.25, 0.3) is 0 Å². The molecular formula is C23H22N2O2. The minimum Gasteiger partial charge on any atom is -0.322 e. The largest absolute Gasteiger partial charge is 0.322 e. The van der Waals surface area contributed by atoms with E-state index in [0.717, 1.165) is 16.9 Å². The first-order valence-corrected chi connectivity index (χ1v) is 8.77. The number of nitrogens with one attached hydrogen (secondary N) is 1. The first-order chi connectivity index (χ1) is 13.0. The van der Waals surface area contributed by atoms with E-state index in [2.05, 4.69) is 5.32 Å². The van der Waals surface area contributed by atoms with E-state index in [1.54, 1.807) is 36.2 Å². The van der Waals surface area contributed by atoms with Crippen molar-refractivity contribution in [2.75, 3.05) is 17.3 Å². The molecule has 2 amide bonds. The second-order valence-corrected chi connectivity index (χ2v) is 6.53. The van der Waals surface area contributed by atoms with Gasteiger partial charge in [-0.25, -0.2) is 0 Å². The van der Waals surface area contributed by atoms with E-state index in [-0.39, 0.29) is 11.8 Å². The van der Waals surface area contributed by atoms with Crippen molar-refractivity contribution in [3.8, 4) is 0 Å². The number of carbonyl (C=O) groups is 2. The molecule has 3 rings (SSSR count). The van der Waals surface area contributed by atoms with Gasteiger partial charge >= 0.3 is 0 Å². The van der Waals surface area contributed by atoms with Crippen molar-refractivity contribution in [3.05, 3.63) is 95.1 Å². The number of benzene rings is 3. The Hall–Kier alpha value is -3.40. The summed E-state index contributed by atoms with van der Waals surface area (Å²) in [4.78, 5) is 26.9. The molecule has 0 radical (unpaired) electrons. The van der Waals surface area contributed by atoms with Gasteiger partial charge in [-0.2, -0.15) is 0 Å². The predicted octanol–water partition coefficient (Wildman–Crippen LogP) is 4.83. The Kier molecular flexibility index (Phi) is 5.36. The van der Waals surface area contributed by atoms with Gasteiger partial charge in [0.25, 0.3) is 11.8 Å². The van der Waals surface area contributed by atoms with Crippen LogP contribution in [0.5, 0.6) is 0 Å². The summed E-state index contributed by atoms with van der Waals surface area (Å²) in [6, 6.07) is 22.0. The lowest BCUT2D eigenvalue weighted by atomic mass is 10.1. The summed E-state index contributed by atoms with van der Waals surface area (Å²) in [5.74, 6) is -0.405. The molecule has 4 heteroatoms. The van der Waals surface area contributed by atoms with Crippen LogP contribution in [-0.2, 0) is 0 Å². The second kappa shape index (κ2) is 7.87. The van der Waals surface area contributed by atoms with Crippen LogP contribution in [0.3, 0.4) is 0 Å². The van der Waals surface area contributed by atoms with Gasteiger partial charge in [0.15, 0.2) is 0 Å². The Labute approximate surface area is 159 Å². The molecule has 0 aliphatic heterocycles. The topological polar surface area (TPSA) is 49.4 Å². The van der Waals surface area contributed by atoms with E-state index in [4.69, 9.17) is 0 Å². The van der Waals surface area contributed by atoms with Crippen LogP contribution in [-0.4, -0.2) is 18.9 Å². The minimum atomic E-state index is -0.240. The van der Waals surface area contributed by atoms with E-state index in [1.165, 1.54) is 5.56 Å².